The zero-order valence-corrected chi connectivity index (χ0v) is 37.4. The van der Waals surface area contributed by atoms with Crippen molar-refractivity contribution in [3.8, 4) is 0 Å². The Hall–Kier alpha value is -2.54. The monoisotopic (exact) mass is 829 g/mol. The predicted molar refractivity (Wildman–Crippen MR) is 241 cm³/mol. The van der Waals surface area contributed by atoms with Crippen LogP contribution in [0.2, 0.25) is 0 Å². The lowest BCUT2D eigenvalue weighted by Gasteiger charge is -2.09. The lowest BCUT2D eigenvalue weighted by Crippen LogP contribution is -2.14. The summed E-state index contributed by atoms with van der Waals surface area (Å²) in [5.74, 6) is 0. The van der Waals surface area contributed by atoms with Crippen LogP contribution in [-0.4, -0.2) is 25.4 Å². The van der Waals surface area contributed by atoms with E-state index in [1.165, 1.54) is 160 Å². The molecule has 0 heterocycles. The molecule has 0 radical (unpaired) electrons. The zero-order chi connectivity index (χ0) is 40.0. The van der Waals surface area contributed by atoms with Crippen LogP contribution in [0.15, 0.2) is 46.9 Å². The highest BCUT2D eigenvalue weighted by Crippen LogP contribution is 2.23. The molecule has 6 nitrogen and oxygen atoms in total. The molecule has 0 atom stereocenters. The fraction of sp³-hybridized carbons (Fsp3) is 0.708. The Bertz CT molecular complexity index is 1190. The first kappa shape index (κ1) is 50.5. The van der Waals surface area contributed by atoms with E-state index in [1.54, 1.807) is 0 Å². The van der Waals surface area contributed by atoms with Gasteiger partial charge in [0.1, 0.15) is 0 Å². The molecule has 314 valence electrons. The van der Waals surface area contributed by atoms with E-state index < -0.39 is 0 Å². The maximum atomic E-state index is 11.8. The average molecular weight is 830 g/mol. The van der Waals surface area contributed by atoms with Crippen molar-refractivity contribution in [2.45, 2.75) is 207 Å². The Morgan fingerprint density at radius 1 is 0.455 bits per heavy atom. The van der Waals surface area contributed by atoms with E-state index in [4.69, 9.17) is 9.47 Å². The van der Waals surface area contributed by atoms with Gasteiger partial charge in [-0.3, -0.25) is 10.6 Å². The van der Waals surface area contributed by atoms with Gasteiger partial charge in [0.05, 0.1) is 18.9 Å². The SMILES string of the molecule is CCCCCCCCCCCCCCCCOC(=O)Nc1ccc(C)cc1.CCCCCCCCCCCCCCCCOC(=O)Nc1ccc(C)cc1Br. The number of unbranched alkanes of at least 4 members (excludes halogenated alkanes) is 26. The van der Waals surface area contributed by atoms with Gasteiger partial charge in [0.25, 0.3) is 0 Å². The largest absolute Gasteiger partial charge is 0.449 e. The molecule has 0 aromatic heterocycles. The number of hydrogen-bond donors (Lipinski definition) is 2. The first-order valence-corrected chi connectivity index (χ1v) is 23.3. The molecular formula is C48H81BrN2O4. The quantitative estimate of drug-likeness (QED) is 0.0720. The fourth-order valence-electron chi connectivity index (χ4n) is 6.58. The van der Waals surface area contributed by atoms with Crippen molar-refractivity contribution in [1.29, 1.82) is 0 Å². The van der Waals surface area contributed by atoms with Gasteiger partial charge < -0.3 is 9.47 Å². The fourth-order valence-corrected chi connectivity index (χ4v) is 7.17. The van der Waals surface area contributed by atoms with Crippen molar-refractivity contribution in [3.63, 3.8) is 0 Å². The van der Waals surface area contributed by atoms with Crippen molar-refractivity contribution in [1.82, 2.24) is 0 Å². The molecule has 0 aliphatic heterocycles. The Morgan fingerprint density at radius 3 is 1.15 bits per heavy atom. The summed E-state index contributed by atoms with van der Waals surface area (Å²) >= 11 is 3.45. The van der Waals surface area contributed by atoms with Gasteiger partial charge in [-0.15, -0.1) is 0 Å². The molecular weight excluding hydrogens is 748 g/mol. The summed E-state index contributed by atoms with van der Waals surface area (Å²) < 4.78 is 11.4. The second-order valence-electron chi connectivity index (χ2n) is 15.6. The van der Waals surface area contributed by atoms with Crippen molar-refractivity contribution in [2.75, 3.05) is 23.8 Å². The van der Waals surface area contributed by atoms with E-state index >= 15 is 0 Å². The second-order valence-corrected chi connectivity index (χ2v) is 16.4. The Kier molecular flexibility index (Phi) is 34.0. The van der Waals surface area contributed by atoms with E-state index in [2.05, 4.69) is 40.4 Å². The number of benzene rings is 2. The van der Waals surface area contributed by atoms with Crippen LogP contribution in [0.5, 0.6) is 0 Å². The number of ether oxygens (including phenoxy) is 2. The molecule has 0 bridgehead atoms. The van der Waals surface area contributed by atoms with Crippen molar-refractivity contribution in [2.24, 2.45) is 0 Å². The van der Waals surface area contributed by atoms with Gasteiger partial charge >= 0.3 is 12.2 Å². The summed E-state index contributed by atoms with van der Waals surface area (Å²) in [6.07, 6.45) is 36.5. The molecule has 7 heteroatoms. The number of halogens is 1. The normalized spacial score (nSPS) is 10.8. The van der Waals surface area contributed by atoms with Gasteiger partial charge in [-0.25, -0.2) is 9.59 Å². The van der Waals surface area contributed by atoms with E-state index in [9.17, 15) is 9.59 Å². The highest BCUT2D eigenvalue weighted by molar-refractivity contribution is 9.10. The van der Waals surface area contributed by atoms with E-state index in [0.29, 0.717) is 13.2 Å². The van der Waals surface area contributed by atoms with Crippen LogP contribution in [0.25, 0.3) is 0 Å². The molecule has 0 saturated heterocycles. The van der Waals surface area contributed by atoms with Crippen LogP contribution >= 0.6 is 15.9 Å². The molecule has 2 N–H and O–H groups in total. The maximum Gasteiger partial charge on any atom is 0.411 e. The summed E-state index contributed by atoms with van der Waals surface area (Å²) in [7, 11) is 0. The Labute approximate surface area is 346 Å². The van der Waals surface area contributed by atoms with Gasteiger partial charge in [0.2, 0.25) is 0 Å². The van der Waals surface area contributed by atoms with E-state index in [-0.39, 0.29) is 12.2 Å². The number of anilines is 2. The van der Waals surface area contributed by atoms with Gasteiger partial charge in [0, 0.05) is 10.2 Å². The summed E-state index contributed by atoms with van der Waals surface area (Å²) in [6.45, 7) is 9.59. The third-order valence-electron chi connectivity index (χ3n) is 10.1. The number of rotatable bonds is 32. The standard InChI is InChI=1S/C24H40BrNO2.C24H41NO2/c1-3-4-5-6-7-8-9-10-11-12-13-14-15-16-19-28-24(27)26-23-18-17-21(2)20-22(23)25;1-3-4-5-6-7-8-9-10-11-12-13-14-15-16-21-27-24(26)25-23-19-17-22(2)18-20-23/h17-18,20H,3-16,19H2,1-2H3,(H,26,27);17-20H,3-16,21H2,1-2H3,(H,25,26). The maximum absolute atomic E-state index is 11.8. The first-order valence-electron chi connectivity index (χ1n) is 22.6. The smallest absolute Gasteiger partial charge is 0.411 e. The summed E-state index contributed by atoms with van der Waals surface area (Å²) in [6, 6.07) is 13.6. The highest BCUT2D eigenvalue weighted by atomic mass is 79.9. The number of carbonyl (C=O) groups is 2. The van der Waals surface area contributed by atoms with Crippen LogP contribution in [0, 0.1) is 13.8 Å². The molecule has 0 unspecified atom stereocenters. The molecule has 0 aliphatic rings. The van der Waals surface area contributed by atoms with E-state index in [0.717, 1.165) is 47.1 Å². The van der Waals surface area contributed by atoms with Gasteiger partial charge in [-0.1, -0.05) is 205 Å². The summed E-state index contributed by atoms with van der Waals surface area (Å²) in [4.78, 5) is 23.5. The van der Waals surface area contributed by atoms with E-state index in [1.807, 2.05) is 56.3 Å². The van der Waals surface area contributed by atoms with Crippen LogP contribution in [0.4, 0.5) is 21.0 Å². The number of aryl methyl sites for hydroxylation is 2. The summed E-state index contributed by atoms with van der Waals surface area (Å²) in [5.41, 5.74) is 3.85. The second kappa shape index (κ2) is 37.1. The molecule has 2 amide bonds. The molecule has 2 rings (SSSR count). The van der Waals surface area contributed by atoms with Crippen molar-refractivity contribution in [3.05, 3.63) is 58.1 Å². The molecule has 0 saturated carbocycles. The number of nitrogens with one attached hydrogen (secondary N) is 2. The zero-order valence-electron chi connectivity index (χ0n) is 35.8. The number of hydrogen-bond acceptors (Lipinski definition) is 4. The summed E-state index contributed by atoms with van der Waals surface area (Å²) in [5, 5.41) is 5.54. The van der Waals surface area contributed by atoms with Crippen molar-refractivity contribution < 1.29 is 19.1 Å². The lowest BCUT2D eigenvalue weighted by molar-refractivity contribution is 0.158. The minimum absolute atomic E-state index is 0.353. The predicted octanol–water partition coefficient (Wildman–Crippen LogP) is 16.8. The topological polar surface area (TPSA) is 76.7 Å². The van der Waals surface area contributed by atoms with Gasteiger partial charge in [0.15, 0.2) is 0 Å². The highest BCUT2D eigenvalue weighted by Gasteiger charge is 2.07. The number of carbonyl (C=O) groups excluding carboxylic acids is 2. The molecule has 55 heavy (non-hydrogen) atoms. The number of amides is 2. The molecule has 2 aromatic carbocycles. The molecule has 0 spiro atoms. The Balaban J connectivity index is 0.000000550. The van der Waals surface area contributed by atoms with Crippen molar-refractivity contribution >= 4 is 39.5 Å². The van der Waals surface area contributed by atoms with Crippen LogP contribution < -0.4 is 10.6 Å². The lowest BCUT2D eigenvalue weighted by atomic mass is 10.0. The minimum Gasteiger partial charge on any atom is -0.449 e. The van der Waals surface area contributed by atoms with Crippen LogP contribution in [0.1, 0.15) is 205 Å². The average Bonchev–Trinajstić information content (AvgIpc) is 3.17. The molecule has 0 aliphatic carbocycles. The first-order chi connectivity index (χ1) is 26.8. The Morgan fingerprint density at radius 2 is 0.782 bits per heavy atom. The van der Waals surface area contributed by atoms with Gasteiger partial charge in [-0.2, -0.15) is 0 Å². The minimum atomic E-state index is -0.376. The van der Waals surface area contributed by atoms with Crippen LogP contribution in [0.3, 0.4) is 0 Å². The molecule has 0 fully saturated rings. The van der Waals surface area contributed by atoms with Gasteiger partial charge in [-0.05, 0) is 72.4 Å². The third-order valence-corrected chi connectivity index (χ3v) is 10.8. The van der Waals surface area contributed by atoms with Crippen LogP contribution in [-0.2, 0) is 9.47 Å². The third kappa shape index (κ3) is 32.3. The molecule has 2 aromatic rings.